The number of H-pyrrole nitrogens is 1. The topological polar surface area (TPSA) is 87.2 Å². The lowest BCUT2D eigenvalue weighted by molar-refractivity contribution is -0.136. The van der Waals surface area contributed by atoms with Gasteiger partial charge in [-0.1, -0.05) is 22.9 Å². The Morgan fingerprint density at radius 2 is 2.15 bits per heavy atom. The second-order valence-electron chi connectivity index (χ2n) is 3.96. The molecule has 0 fully saturated rings. The lowest BCUT2D eigenvalue weighted by Gasteiger charge is -2.03. The van der Waals surface area contributed by atoms with Crippen molar-refractivity contribution in [2.75, 3.05) is 11.5 Å². The molecule has 1 aromatic carbocycles. The number of thiazole rings is 1. The van der Waals surface area contributed by atoms with Gasteiger partial charge >= 0.3 is 10.8 Å². The average Bonchev–Trinajstić information content (AvgIpc) is 2.72. The summed E-state index contributed by atoms with van der Waals surface area (Å²) in [4.78, 5) is 36.1. The normalized spacial score (nSPS) is 10.8. The van der Waals surface area contributed by atoms with E-state index in [2.05, 4.69) is 4.98 Å². The number of carbonyl (C=O) groups excluding carboxylic acids is 1. The number of carboxylic acid groups (broad SMARTS) is 1. The van der Waals surface area contributed by atoms with Gasteiger partial charge in [0, 0.05) is 11.3 Å². The maximum absolute atomic E-state index is 12.0. The van der Waals surface area contributed by atoms with E-state index < -0.39 is 5.97 Å². The number of hydrogen-bond donors (Lipinski definition) is 2. The number of hydrogen-bond acceptors (Lipinski definition) is 5. The molecular formula is C12H10ClNO4S2. The number of aromatic nitrogens is 1. The van der Waals surface area contributed by atoms with E-state index in [0.717, 1.165) is 11.3 Å². The summed E-state index contributed by atoms with van der Waals surface area (Å²) in [5, 5.41) is 8.80. The molecule has 1 heterocycles. The first kappa shape index (κ1) is 15.1. The zero-order chi connectivity index (χ0) is 14.7. The summed E-state index contributed by atoms with van der Waals surface area (Å²) in [6, 6.07) is 3.16. The number of carboxylic acids is 1. The number of aromatic amines is 1. The maximum Gasteiger partial charge on any atom is 0.305 e. The van der Waals surface area contributed by atoms with Crippen molar-refractivity contribution in [1.82, 2.24) is 4.98 Å². The van der Waals surface area contributed by atoms with E-state index in [1.165, 1.54) is 11.8 Å². The van der Waals surface area contributed by atoms with Crippen LogP contribution in [0, 0.1) is 0 Å². The van der Waals surface area contributed by atoms with Gasteiger partial charge in [-0.05, 0) is 12.1 Å². The number of carbonyl (C=O) groups is 2. The number of fused-ring (bicyclic) bond motifs is 1. The smallest absolute Gasteiger partial charge is 0.305 e. The molecular weight excluding hydrogens is 322 g/mol. The van der Waals surface area contributed by atoms with Gasteiger partial charge in [0.05, 0.1) is 27.4 Å². The van der Waals surface area contributed by atoms with Gasteiger partial charge in [-0.25, -0.2) is 0 Å². The summed E-state index contributed by atoms with van der Waals surface area (Å²) in [6.45, 7) is 0. The minimum Gasteiger partial charge on any atom is -0.481 e. The molecule has 2 N–H and O–H groups in total. The van der Waals surface area contributed by atoms with E-state index in [1.807, 2.05) is 0 Å². The lowest BCUT2D eigenvalue weighted by atomic mass is 10.1. The first-order chi connectivity index (χ1) is 9.47. The Morgan fingerprint density at radius 3 is 2.85 bits per heavy atom. The molecule has 0 bridgehead atoms. The van der Waals surface area contributed by atoms with Gasteiger partial charge < -0.3 is 10.1 Å². The molecule has 106 valence electrons. The van der Waals surface area contributed by atoms with Crippen molar-refractivity contribution in [3.8, 4) is 0 Å². The first-order valence-corrected chi connectivity index (χ1v) is 7.97. The fourth-order valence-electron chi connectivity index (χ4n) is 1.59. The van der Waals surface area contributed by atoms with E-state index in [9.17, 15) is 14.4 Å². The Labute approximate surface area is 127 Å². The summed E-state index contributed by atoms with van der Waals surface area (Å²) in [5.41, 5.74) is 0.970. The maximum atomic E-state index is 12.0. The molecule has 2 aromatic rings. The van der Waals surface area contributed by atoms with Crippen LogP contribution in [0.5, 0.6) is 0 Å². The van der Waals surface area contributed by atoms with Crippen LogP contribution in [0.25, 0.3) is 10.2 Å². The minimum absolute atomic E-state index is 0.0180. The van der Waals surface area contributed by atoms with Crippen LogP contribution in [0.2, 0.25) is 5.02 Å². The number of rotatable bonds is 6. The number of nitrogens with one attached hydrogen (secondary N) is 1. The van der Waals surface area contributed by atoms with Crippen LogP contribution >= 0.6 is 34.7 Å². The van der Waals surface area contributed by atoms with Gasteiger partial charge in [0.1, 0.15) is 0 Å². The van der Waals surface area contributed by atoms with E-state index in [4.69, 9.17) is 16.7 Å². The lowest BCUT2D eigenvalue weighted by Crippen LogP contribution is -2.05. The van der Waals surface area contributed by atoms with Crippen molar-refractivity contribution < 1.29 is 14.7 Å². The molecule has 0 spiro atoms. The van der Waals surface area contributed by atoms with Crippen LogP contribution in [-0.4, -0.2) is 33.3 Å². The zero-order valence-electron chi connectivity index (χ0n) is 10.1. The quantitative estimate of drug-likeness (QED) is 0.627. The van der Waals surface area contributed by atoms with E-state index >= 15 is 0 Å². The van der Waals surface area contributed by atoms with Crippen LogP contribution in [0.4, 0.5) is 0 Å². The summed E-state index contributed by atoms with van der Waals surface area (Å²) >= 11 is 8.30. The number of halogens is 1. The predicted molar refractivity (Wildman–Crippen MR) is 81.4 cm³/mol. The highest BCUT2D eigenvalue weighted by Gasteiger charge is 2.13. The third kappa shape index (κ3) is 3.62. The minimum atomic E-state index is -0.888. The van der Waals surface area contributed by atoms with Gasteiger partial charge in [0.15, 0.2) is 5.78 Å². The number of aliphatic carboxylic acids is 1. The molecule has 0 unspecified atom stereocenters. The molecule has 0 amide bonds. The van der Waals surface area contributed by atoms with Crippen molar-refractivity contribution in [3.63, 3.8) is 0 Å². The number of benzene rings is 1. The Kier molecular flexibility index (Phi) is 4.85. The first-order valence-electron chi connectivity index (χ1n) is 5.62. The molecule has 0 saturated carbocycles. The molecule has 0 atom stereocenters. The standard InChI is InChI=1S/C12H10ClNO4S2/c13-7-4-8-10(20-12(18)14-8)3-6(7)9(15)5-19-2-1-11(16)17/h3-4H,1-2,5H2,(H,14,18)(H,16,17). The molecule has 0 aliphatic carbocycles. The molecule has 20 heavy (non-hydrogen) atoms. The molecule has 0 aliphatic rings. The highest BCUT2D eigenvalue weighted by atomic mass is 35.5. The Bertz CT molecular complexity index is 722. The van der Waals surface area contributed by atoms with Crippen LogP contribution < -0.4 is 4.87 Å². The average molecular weight is 332 g/mol. The van der Waals surface area contributed by atoms with Crippen LogP contribution in [0.3, 0.4) is 0 Å². The fraction of sp³-hybridized carbons (Fsp3) is 0.250. The van der Waals surface area contributed by atoms with E-state index in [-0.39, 0.29) is 27.9 Å². The fourth-order valence-corrected chi connectivity index (χ4v) is 3.42. The molecule has 0 saturated heterocycles. The molecule has 2 rings (SSSR count). The monoisotopic (exact) mass is 331 g/mol. The van der Waals surface area contributed by atoms with E-state index in [0.29, 0.717) is 21.5 Å². The largest absolute Gasteiger partial charge is 0.481 e. The summed E-state index contributed by atoms with van der Waals surface area (Å²) in [7, 11) is 0. The summed E-state index contributed by atoms with van der Waals surface area (Å²) < 4.78 is 0.679. The zero-order valence-corrected chi connectivity index (χ0v) is 12.5. The molecule has 0 radical (unpaired) electrons. The second kappa shape index (κ2) is 6.43. The van der Waals surface area contributed by atoms with Crippen LogP contribution in [0.1, 0.15) is 16.8 Å². The predicted octanol–water partition coefficient (Wildman–Crippen LogP) is 2.63. The Morgan fingerprint density at radius 1 is 1.40 bits per heavy atom. The number of thioether (sulfide) groups is 1. The van der Waals surface area contributed by atoms with Gasteiger partial charge in [0.25, 0.3) is 0 Å². The van der Waals surface area contributed by atoms with Crippen molar-refractivity contribution in [3.05, 3.63) is 32.4 Å². The Hall–Kier alpha value is -1.31. The second-order valence-corrected chi connectivity index (χ2v) is 6.49. The summed E-state index contributed by atoms with van der Waals surface area (Å²) in [5.74, 6) is -0.523. The van der Waals surface area contributed by atoms with Gasteiger partial charge in [-0.3, -0.25) is 14.4 Å². The molecule has 5 nitrogen and oxygen atoms in total. The third-order valence-electron chi connectivity index (χ3n) is 2.50. The van der Waals surface area contributed by atoms with Crippen LogP contribution in [-0.2, 0) is 4.79 Å². The Balaban J connectivity index is 2.11. The highest BCUT2D eigenvalue weighted by molar-refractivity contribution is 8.00. The van der Waals surface area contributed by atoms with E-state index in [1.54, 1.807) is 12.1 Å². The SMILES string of the molecule is O=C(O)CCSCC(=O)c1cc2sc(=O)[nH]c2cc1Cl. The van der Waals surface area contributed by atoms with Crippen molar-refractivity contribution in [2.45, 2.75) is 6.42 Å². The van der Waals surface area contributed by atoms with Crippen LogP contribution in [0.15, 0.2) is 16.9 Å². The molecule has 0 aliphatic heterocycles. The van der Waals surface area contributed by atoms with Crippen molar-refractivity contribution in [1.29, 1.82) is 0 Å². The highest BCUT2D eigenvalue weighted by Crippen LogP contribution is 2.25. The third-order valence-corrected chi connectivity index (χ3v) is 4.62. The van der Waals surface area contributed by atoms with Gasteiger partial charge in [-0.15, -0.1) is 0 Å². The van der Waals surface area contributed by atoms with Crippen molar-refractivity contribution in [2.24, 2.45) is 0 Å². The number of ketones is 1. The van der Waals surface area contributed by atoms with Crippen molar-refractivity contribution >= 4 is 56.7 Å². The van der Waals surface area contributed by atoms with Gasteiger partial charge in [-0.2, -0.15) is 11.8 Å². The summed E-state index contributed by atoms with van der Waals surface area (Å²) in [6.07, 6.45) is 0.0180. The number of Topliss-reactive ketones (excluding diaryl/α,β-unsaturated/α-hetero) is 1. The molecule has 8 heteroatoms. The van der Waals surface area contributed by atoms with Gasteiger partial charge in [0.2, 0.25) is 0 Å². The molecule has 1 aromatic heterocycles.